The zero-order valence-electron chi connectivity index (χ0n) is 18.6. The highest BCUT2D eigenvalue weighted by Gasteiger charge is 2.30. The Bertz CT molecular complexity index is 1250. The Morgan fingerprint density at radius 3 is 2.48 bits per heavy atom. The maximum Gasteiger partial charge on any atom is 0.238 e. The number of primary sulfonamides is 1. The van der Waals surface area contributed by atoms with Crippen molar-refractivity contribution in [2.45, 2.75) is 30.6 Å². The molecule has 2 aliphatic rings. The van der Waals surface area contributed by atoms with E-state index >= 15 is 0 Å². The highest BCUT2D eigenvalue weighted by atomic mass is 32.2. The fourth-order valence-electron chi connectivity index (χ4n) is 3.52. The van der Waals surface area contributed by atoms with E-state index < -0.39 is 10.0 Å². The van der Waals surface area contributed by atoms with Crippen LogP contribution in [0.5, 0.6) is 0 Å². The predicted octanol–water partition coefficient (Wildman–Crippen LogP) is 3.11. The van der Waals surface area contributed by atoms with Crippen molar-refractivity contribution in [3.05, 3.63) is 42.5 Å². The molecule has 0 bridgehead atoms. The third-order valence-electron chi connectivity index (χ3n) is 5.40. The molecule has 0 saturated heterocycles. The third-order valence-corrected chi connectivity index (χ3v) is 7.38. The number of anilines is 3. The number of hydrogen-bond acceptors (Lipinski definition) is 8. The maximum absolute atomic E-state index is 12.3. The number of amides is 1. The zero-order valence-corrected chi connectivity index (χ0v) is 20.3. The Hall–Kier alpha value is -2.89. The molecule has 9 nitrogen and oxygen atoms in total. The number of rotatable bonds is 4. The topological polar surface area (TPSA) is 129 Å². The Morgan fingerprint density at radius 2 is 1.82 bits per heavy atom. The number of carbonyl (C=O) groups is 1. The van der Waals surface area contributed by atoms with Crippen LogP contribution in [-0.4, -0.2) is 45.0 Å². The Kier molecular flexibility index (Phi) is 6.21. The number of amidine groups is 1. The second-order valence-electron chi connectivity index (χ2n) is 8.41. The van der Waals surface area contributed by atoms with Crippen LogP contribution in [-0.2, 0) is 14.8 Å². The molecular formula is C22H26N6O3S2. The second kappa shape index (κ2) is 8.81. The van der Waals surface area contributed by atoms with Gasteiger partial charge in [0.25, 0.3) is 0 Å². The van der Waals surface area contributed by atoms with E-state index in [0.29, 0.717) is 30.5 Å². The molecule has 0 atom stereocenters. The van der Waals surface area contributed by atoms with Gasteiger partial charge in [-0.25, -0.2) is 18.5 Å². The minimum Gasteiger partial charge on any atom is -0.343 e. The minimum atomic E-state index is -3.75. The summed E-state index contributed by atoms with van der Waals surface area (Å²) >= 11 is 1.55. The van der Waals surface area contributed by atoms with E-state index in [4.69, 9.17) is 5.14 Å². The molecule has 2 aromatic rings. The number of nitrogens with two attached hydrogens (primary N) is 1. The highest BCUT2D eigenvalue weighted by molar-refractivity contribution is 8.00. The van der Waals surface area contributed by atoms with Crippen LogP contribution in [0.25, 0.3) is 0 Å². The van der Waals surface area contributed by atoms with Gasteiger partial charge in [-0.3, -0.25) is 4.79 Å². The first-order valence-corrected chi connectivity index (χ1v) is 13.0. The summed E-state index contributed by atoms with van der Waals surface area (Å²) in [6, 6.07) is 12.1. The standard InChI is InChI=1S/C22H26N6O3S2/c1-4-28-17-11-15(7-10-18(17)32-12-19(28)29)25-20-22(2,3)13-24-21(27-20)26-14-5-8-16(9-6-14)33(23,30)31/h5-11H,4,12-13H2,1-3H3,(H2,23,30,31)(H2,24,25,26,27). The number of guanidine groups is 1. The van der Waals surface area contributed by atoms with Crippen LogP contribution < -0.4 is 20.7 Å². The van der Waals surface area contributed by atoms with Gasteiger partial charge in [-0.05, 0) is 49.4 Å². The molecular weight excluding hydrogens is 460 g/mol. The number of sulfonamides is 1. The van der Waals surface area contributed by atoms with Crippen molar-refractivity contribution in [1.29, 1.82) is 0 Å². The van der Waals surface area contributed by atoms with Gasteiger partial charge in [-0.2, -0.15) is 4.99 Å². The smallest absolute Gasteiger partial charge is 0.238 e. The molecule has 0 unspecified atom stereocenters. The first kappa shape index (κ1) is 23.3. The minimum absolute atomic E-state index is 0.0378. The molecule has 2 aliphatic heterocycles. The molecule has 11 heteroatoms. The van der Waals surface area contributed by atoms with Crippen LogP contribution in [0.15, 0.2) is 62.2 Å². The van der Waals surface area contributed by atoms with Crippen LogP contribution in [0.4, 0.5) is 17.1 Å². The number of fused-ring (bicyclic) bond motifs is 1. The van der Waals surface area contributed by atoms with Crippen molar-refractivity contribution in [2.75, 3.05) is 34.4 Å². The molecule has 0 aliphatic carbocycles. The number of nitrogens with one attached hydrogen (secondary N) is 2. The van der Waals surface area contributed by atoms with E-state index in [1.165, 1.54) is 12.1 Å². The molecule has 4 N–H and O–H groups in total. The lowest BCUT2D eigenvalue weighted by atomic mass is 9.91. The molecule has 2 aromatic carbocycles. The SMILES string of the molecule is CCN1C(=O)CSc2ccc(NC3=NC(Nc4ccc(S(N)(=O)=O)cc4)=NCC3(C)C)cc21. The fourth-order valence-corrected chi connectivity index (χ4v) is 4.96. The van der Waals surface area contributed by atoms with E-state index in [1.54, 1.807) is 28.8 Å². The molecule has 0 fully saturated rings. The average molecular weight is 487 g/mol. The summed E-state index contributed by atoms with van der Waals surface area (Å²) in [5.41, 5.74) is 2.06. The summed E-state index contributed by atoms with van der Waals surface area (Å²) in [5, 5.41) is 11.7. The summed E-state index contributed by atoms with van der Waals surface area (Å²) < 4.78 is 22.9. The number of nitrogens with zero attached hydrogens (tertiary/aromatic N) is 3. The van der Waals surface area contributed by atoms with Crippen molar-refractivity contribution in [2.24, 2.45) is 20.5 Å². The summed E-state index contributed by atoms with van der Waals surface area (Å²) in [6.45, 7) is 7.20. The number of carbonyl (C=O) groups excluding carboxylic acids is 1. The van der Waals surface area contributed by atoms with E-state index in [0.717, 1.165) is 22.1 Å². The van der Waals surface area contributed by atoms with E-state index in [9.17, 15) is 13.2 Å². The van der Waals surface area contributed by atoms with E-state index in [-0.39, 0.29) is 16.2 Å². The summed E-state index contributed by atoms with van der Waals surface area (Å²) in [7, 11) is -3.75. The van der Waals surface area contributed by atoms with Crippen molar-refractivity contribution in [1.82, 2.24) is 0 Å². The first-order chi connectivity index (χ1) is 15.6. The van der Waals surface area contributed by atoms with Crippen LogP contribution in [0.1, 0.15) is 20.8 Å². The lowest BCUT2D eigenvalue weighted by Crippen LogP contribution is -2.39. The number of aliphatic imine (C=N–C) groups is 2. The molecule has 4 rings (SSSR count). The van der Waals surface area contributed by atoms with E-state index in [1.807, 2.05) is 25.1 Å². The second-order valence-corrected chi connectivity index (χ2v) is 11.0. The van der Waals surface area contributed by atoms with Crippen LogP contribution in [0.3, 0.4) is 0 Å². The number of thioether (sulfide) groups is 1. The summed E-state index contributed by atoms with van der Waals surface area (Å²) in [4.78, 5) is 24.4. The molecule has 2 heterocycles. The lowest BCUT2D eigenvalue weighted by molar-refractivity contribution is -0.116. The lowest BCUT2D eigenvalue weighted by Gasteiger charge is -2.31. The molecule has 174 valence electrons. The largest absolute Gasteiger partial charge is 0.343 e. The van der Waals surface area contributed by atoms with Gasteiger partial charge < -0.3 is 15.5 Å². The number of benzene rings is 2. The van der Waals surface area contributed by atoms with Crippen molar-refractivity contribution < 1.29 is 13.2 Å². The molecule has 0 radical (unpaired) electrons. The monoisotopic (exact) mass is 486 g/mol. The molecule has 1 amide bonds. The molecule has 0 saturated carbocycles. The van der Waals surface area contributed by atoms with Crippen molar-refractivity contribution in [3.8, 4) is 0 Å². The number of hydrogen-bond donors (Lipinski definition) is 3. The van der Waals surface area contributed by atoms with E-state index in [2.05, 4.69) is 34.5 Å². The Balaban J connectivity index is 1.56. The Labute approximate surface area is 197 Å². The van der Waals surface area contributed by atoms with Crippen molar-refractivity contribution >= 4 is 56.5 Å². The van der Waals surface area contributed by atoms with Gasteiger partial charge >= 0.3 is 0 Å². The van der Waals surface area contributed by atoms with Gasteiger partial charge in [-0.1, -0.05) is 13.8 Å². The first-order valence-electron chi connectivity index (χ1n) is 10.4. The van der Waals surface area contributed by atoms with Gasteiger partial charge in [0.1, 0.15) is 5.84 Å². The highest BCUT2D eigenvalue weighted by Crippen LogP contribution is 2.37. The van der Waals surface area contributed by atoms with Gasteiger partial charge in [0.2, 0.25) is 21.9 Å². The van der Waals surface area contributed by atoms with Gasteiger partial charge in [0.05, 0.1) is 22.9 Å². The summed E-state index contributed by atoms with van der Waals surface area (Å²) in [5.74, 6) is 1.71. The van der Waals surface area contributed by atoms with Gasteiger partial charge in [0.15, 0.2) is 0 Å². The zero-order chi connectivity index (χ0) is 23.8. The quantitative estimate of drug-likeness (QED) is 0.609. The Morgan fingerprint density at radius 1 is 1.12 bits per heavy atom. The van der Waals surface area contributed by atoms with Crippen molar-refractivity contribution in [3.63, 3.8) is 0 Å². The molecule has 33 heavy (non-hydrogen) atoms. The van der Waals surface area contributed by atoms with Crippen LogP contribution in [0.2, 0.25) is 0 Å². The predicted molar refractivity (Wildman–Crippen MR) is 134 cm³/mol. The molecule has 0 spiro atoms. The van der Waals surface area contributed by atoms with Crippen LogP contribution >= 0.6 is 11.8 Å². The van der Waals surface area contributed by atoms with Gasteiger partial charge in [0, 0.05) is 28.2 Å². The average Bonchev–Trinajstić information content (AvgIpc) is 2.76. The van der Waals surface area contributed by atoms with Crippen LogP contribution in [0, 0.1) is 5.41 Å². The molecule has 0 aromatic heterocycles. The normalized spacial score (nSPS) is 17.7. The third kappa shape index (κ3) is 5.05. The summed E-state index contributed by atoms with van der Waals surface area (Å²) in [6.07, 6.45) is 0. The maximum atomic E-state index is 12.3. The fraction of sp³-hybridized carbons (Fsp3) is 0.318. The van der Waals surface area contributed by atoms with Gasteiger partial charge in [-0.15, -0.1) is 11.8 Å².